The van der Waals surface area contributed by atoms with Gasteiger partial charge >= 0.3 is 6.18 Å². The van der Waals surface area contributed by atoms with E-state index in [0.717, 1.165) is 31.5 Å². The number of hydrogen-bond acceptors (Lipinski definition) is 5. The number of halogens is 5. The molecule has 1 N–H and O–H groups in total. The third-order valence-corrected chi connectivity index (χ3v) is 7.07. The second kappa shape index (κ2) is 8.95. The van der Waals surface area contributed by atoms with Crippen molar-refractivity contribution in [1.29, 1.82) is 0 Å². The number of likely N-dealkylation sites (tertiary alicyclic amines) is 1. The minimum absolute atomic E-state index is 0.0481. The van der Waals surface area contributed by atoms with Gasteiger partial charge in [0.25, 0.3) is 5.91 Å². The molecule has 3 heterocycles. The van der Waals surface area contributed by atoms with Crippen molar-refractivity contribution in [2.24, 2.45) is 5.41 Å². The maximum absolute atomic E-state index is 13.8. The number of amides is 1. The van der Waals surface area contributed by atoms with Crippen LogP contribution >= 0.6 is 23.2 Å². The number of carbonyl (C=O) groups excluding carboxylic acids is 1. The third-order valence-electron chi connectivity index (χ3n) is 6.53. The van der Waals surface area contributed by atoms with Gasteiger partial charge in [-0.15, -0.1) is 0 Å². The zero-order valence-electron chi connectivity index (χ0n) is 18.3. The molecule has 1 saturated carbocycles. The molecule has 3 aromatic rings. The molecule has 11 heteroatoms. The van der Waals surface area contributed by atoms with Crippen molar-refractivity contribution in [1.82, 2.24) is 19.9 Å². The predicted molar refractivity (Wildman–Crippen MR) is 126 cm³/mol. The van der Waals surface area contributed by atoms with Crippen molar-refractivity contribution < 1.29 is 18.0 Å². The molecule has 1 amide bonds. The van der Waals surface area contributed by atoms with E-state index in [9.17, 15) is 18.0 Å². The fourth-order valence-corrected chi connectivity index (χ4v) is 4.96. The van der Waals surface area contributed by atoms with Crippen molar-refractivity contribution in [2.75, 3.05) is 18.4 Å². The van der Waals surface area contributed by atoms with Gasteiger partial charge in [-0.3, -0.25) is 4.79 Å². The topological polar surface area (TPSA) is 71.0 Å². The molecule has 0 bridgehead atoms. The van der Waals surface area contributed by atoms with Gasteiger partial charge in [-0.1, -0.05) is 23.2 Å². The Hall–Kier alpha value is -2.91. The smallest absolute Gasteiger partial charge is 0.368 e. The van der Waals surface area contributed by atoms with Crippen LogP contribution in [0.5, 0.6) is 0 Å². The maximum Gasteiger partial charge on any atom is 0.418 e. The lowest BCUT2D eigenvalue weighted by Gasteiger charge is -2.26. The summed E-state index contributed by atoms with van der Waals surface area (Å²) < 4.78 is 39.7. The Kier molecular flexibility index (Phi) is 6.09. The number of nitrogens with zero attached hydrogens (tertiary/aromatic N) is 4. The average Bonchev–Trinajstić information content (AvgIpc) is 3.49. The number of hydrogen-bond donors (Lipinski definition) is 1. The average molecular weight is 522 g/mol. The minimum Gasteiger partial charge on any atom is -0.368 e. The van der Waals surface area contributed by atoms with E-state index in [1.54, 1.807) is 41.6 Å². The van der Waals surface area contributed by atoms with E-state index < -0.39 is 16.8 Å². The van der Waals surface area contributed by atoms with E-state index in [4.69, 9.17) is 23.2 Å². The number of rotatable bonds is 5. The van der Waals surface area contributed by atoms with Gasteiger partial charge in [-0.2, -0.15) is 13.2 Å². The molecule has 1 saturated heterocycles. The number of aromatic nitrogens is 3. The number of nitrogens with one attached hydrogen (secondary N) is 1. The Morgan fingerprint density at radius 3 is 2.57 bits per heavy atom. The van der Waals surface area contributed by atoms with Crippen LogP contribution in [0.4, 0.5) is 19.0 Å². The Bertz CT molecular complexity index is 1270. The Morgan fingerprint density at radius 2 is 1.89 bits per heavy atom. The second-order valence-corrected chi connectivity index (χ2v) is 9.82. The number of pyridine rings is 1. The van der Waals surface area contributed by atoms with E-state index in [-0.39, 0.29) is 29.7 Å². The van der Waals surface area contributed by atoms with Crippen LogP contribution in [0.25, 0.3) is 11.4 Å². The van der Waals surface area contributed by atoms with Gasteiger partial charge in [-0.05, 0) is 55.0 Å². The fraction of sp³-hybridized carbons (Fsp3) is 0.333. The van der Waals surface area contributed by atoms with Crippen LogP contribution in [0, 0.1) is 5.41 Å². The number of alkyl halides is 3. The lowest BCUT2D eigenvalue weighted by Crippen LogP contribution is -2.40. The van der Waals surface area contributed by atoms with E-state index in [0.29, 0.717) is 28.5 Å². The van der Waals surface area contributed by atoms with E-state index in [1.807, 2.05) is 0 Å². The van der Waals surface area contributed by atoms with Crippen molar-refractivity contribution >= 4 is 34.9 Å². The highest BCUT2D eigenvalue weighted by molar-refractivity contribution is 6.31. The molecular weight excluding hydrogens is 502 g/mol. The summed E-state index contributed by atoms with van der Waals surface area (Å²) in [6.07, 6.45) is 2.35. The normalized spacial score (nSPS) is 18.7. The predicted octanol–water partition coefficient (Wildman–Crippen LogP) is 5.97. The third kappa shape index (κ3) is 4.92. The van der Waals surface area contributed by atoms with Crippen LogP contribution in [-0.4, -0.2) is 44.9 Å². The van der Waals surface area contributed by atoms with E-state index >= 15 is 0 Å². The summed E-state index contributed by atoms with van der Waals surface area (Å²) in [7, 11) is 0. The largest absolute Gasteiger partial charge is 0.418 e. The fourth-order valence-electron chi connectivity index (χ4n) is 4.58. The van der Waals surface area contributed by atoms with Gasteiger partial charge in [0, 0.05) is 48.3 Å². The SMILES string of the molecule is O=C(c1cc(Cl)ccc1-c1ncccn1)N1CC2(CC2)CC1CNc1cc(C(F)(F)F)c(Cl)cn1. The lowest BCUT2D eigenvalue weighted by molar-refractivity contribution is -0.137. The molecule has 1 atom stereocenters. The van der Waals surface area contributed by atoms with Crippen molar-refractivity contribution in [3.8, 4) is 11.4 Å². The number of anilines is 1. The molecule has 1 aliphatic carbocycles. The summed E-state index contributed by atoms with van der Waals surface area (Å²) >= 11 is 11.9. The zero-order valence-corrected chi connectivity index (χ0v) is 19.8. The molecule has 1 aromatic carbocycles. The highest BCUT2D eigenvalue weighted by Gasteiger charge is 2.53. The summed E-state index contributed by atoms with van der Waals surface area (Å²) in [5.41, 5.74) is 0.0447. The highest BCUT2D eigenvalue weighted by Crippen LogP contribution is 2.55. The first-order valence-electron chi connectivity index (χ1n) is 11.0. The summed E-state index contributed by atoms with van der Waals surface area (Å²) in [6.45, 7) is 0.818. The summed E-state index contributed by atoms with van der Waals surface area (Å²) in [4.78, 5) is 28.1. The first-order valence-corrected chi connectivity index (χ1v) is 11.8. The van der Waals surface area contributed by atoms with Gasteiger partial charge < -0.3 is 10.2 Å². The Labute approximate surface area is 209 Å². The molecule has 1 unspecified atom stereocenters. The van der Waals surface area contributed by atoms with Crippen LogP contribution in [0.15, 0.2) is 48.9 Å². The quantitative estimate of drug-likeness (QED) is 0.447. The Morgan fingerprint density at radius 1 is 1.14 bits per heavy atom. The molecular formula is C24H20Cl2F3N5O. The van der Waals surface area contributed by atoms with Gasteiger partial charge in [0.15, 0.2) is 5.82 Å². The van der Waals surface area contributed by atoms with Crippen LogP contribution < -0.4 is 5.32 Å². The molecule has 2 aromatic heterocycles. The molecule has 2 fully saturated rings. The monoisotopic (exact) mass is 521 g/mol. The molecule has 35 heavy (non-hydrogen) atoms. The van der Waals surface area contributed by atoms with E-state index in [2.05, 4.69) is 20.3 Å². The molecule has 182 valence electrons. The molecule has 5 rings (SSSR count). The highest BCUT2D eigenvalue weighted by atomic mass is 35.5. The van der Waals surface area contributed by atoms with Gasteiger partial charge in [0.1, 0.15) is 5.82 Å². The Balaban J connectivity index is 1.41. The standard InChI is InChI=1S/C24H20Cl2F3N5O/c25-14-2-3-16(21-30-6-1-7-31-21)17(8-14)22(35)34-13-23(4-5-23)10-15(34)11-32-20-9-18(24(27,28)29)19(26)12-33-20/h1-3,6-9,12,15H,4-5,10-11,13H2,(H,32,33). The number of benzene rings is 1. The first kappa shape index (κ1) is 23.8. The van der Waals surface area contributed by atoms with Crippen molar-refractivity contribution in [3.05, 3.63) is 70.1 Å². The number of carbonyl (C=O) groups is 1. The van der Waals surface area contributed by atoms with Crippen molar-refractivity contribution in [2.45, 2.75) is 31.5 Å². The maximum atomic E-state index is 13.8. The summed E-state index contributed by atoms with van der Waals surface area (Å²) in [6, 6.07) is 7.35. The van der Waals surface area contributed by atoms with Crippen molar-refractivity contribution in [3.63, 3.8) is 0 Å². The molecule has 0 radical (unpaired) electrons. The van der Waals surface area contributed by atoms with E-state index in [1.165, 1.54) is 0 Å². The molecule has 2 aliphatic rings. The van der Waals surface area contributed by atoms with Gasteiger partial charge in [0.2, 0.25) is 0 Å². The lowest BCUT2D eigenvalue weighted by atomic mass is 10.0. The molecule has 1 spiro atoms. The van der Waals surface area contributed by atoms with Crippen LogP contribution in [-0.2, 0) is 6.18 Å². The summed E-state index contributed by atoms with van der Waals surface area (Å²) in [5, 5.41) is 2.92. The van der Waals surface area contributed by atoms with Gasteiger partial charge in [-0.25, -0.2) is 15.0 Å². The summed E-state index contributed by atoms with van der Waals surface area (Å²) in [5.74, 6) is 0.241. The molecule has 6 nitrogen and oxygen atoms in total. The second-order valence-electron chi connectivity index (χ2n) is 8.98. The van der Waals surface area contributed by atoms with Crippen LogP contribution in [0.3, 0.4) is 0 Å². The van der Waals surface area contributed by atoms with Gasteiger partial charge in [0.05, 0.1) is 16.1 Å². The first-order chi connectivity index (χ1) is 16.7. The molecule has 1 aliphatic heterocycles. The van der Waals surface area contributed by atoms with Crippen LogP contribution in [0.2, 0.25) is 10.0 Å². The zero-order chi connectivity index (χ0) is 24.8. The minimum atomic E-state index is -4.59. The van der Waals surface area contributed by atoms with Crippen LogP contribution in [0.1, 0.15) is 35.2 Å².